The summed E-state index contributed by atoms with van der Waals surface area (Å²) in [4.78, 5) is 18.3. The molecule has 0 bridgehead atoms. The Kier molecular flexibility index (Phi) is 2.85. The number of aryl methyl sites for hydroxylation is 1. The molecule has 1 aromatic carbocycles. The summed E-state index contributed by atoms with van der Waals surface area (Å²) in [5.41, 5.74) is 3.58. The van der Waals surface area contributed by atoms with Gasteiger partial charge >= 0.3 is 0 Å². The van der Waals surface area contributed by atoms with Crippen molar-refractivity contribution in [2.24, 2.45) is 22.7 Å². The fourth-order valence-electron chi connectivity index (χ4n) is 8.40. The van der Waals surface area contributed by atoms with Crippen LogP contribution in [0.25, 0.3) is 0 Å². The molecule has 1 heterocycles. The third-order valence-corrected chi connectivity index (χ3v) is 9.35. The molecule has 1 saturated heterocycles. The highest BCUT2D eigenvalue weighted by Gasteiger charge is 2.95. The molecule has 0 radical (unpaired) electrons. The van der Waals surface area contributed by atoms with Crippen molar-refractivity contribution >= 4 is 5.91 Å². The molecule has 3 nitrogen and oxygen atoms in total. The van der Waals surface area contributed by atoms with Crippen molar-refractivity contribution in [3.05, 3.63) is 35.4 Å². The average Bonchev–Trinajstić information content (AvgIpc) is 2.60. The monoisotopic (exact) mass is 350 g/mol. The van der Waals surface area contributed by atoms with Crippen LogP contribution in [-0.4, -0.2) is 48.4 Å². The van der Waals surface area contributed by atoms with Gasteiger partial charge < -0.3 is 9.80 Å². The lowest BCUT2D eigenvalue weighted by atomic mass is 9.07. The first-order chi connectivity index (χ1) is 12.6. The Hall–Kier alpha value is -1.35. The number of rotatable bonds is 3. The molecule has 1 amide bonds. The topological polar surface area (TPSA) is 23.6 Å². The van der Waals surface area contributed by atoms with Crippen LogP contribution < -0.4 is 0 Å². The van der Waals surface area contributed by atoms with E-state index >= 15 is 0 Å². The summed E-state index contributed by atoms with van der Waals surface area (Å²) in [6.07, 6.45) is 5.05. The minimum atomic E-state index is 0.0120. The molecule has 4 aliphatic carbocycles. The standard InChI is InChI=1S/C23H30N2O/c1-3-24-8-10-25(11-9-24)20(26)22-14-19-12-18-13-21(15-22,23(18,19)22)17-6-4-16(2)5-7-17/h4-7,18-19H,3,8-15H2,1-2H3. The lowest BCUT2D eigenvalue weighted by Crippen LogP contribution is -2.94. The first-order valence-electron chi connectivity index (χ1n) is 10.7. The zero-order valence-electron chi connectivity index (χ0n) is 16.1. The van der Waals surface area contributed by atoms with Gasteiger partial charge in [0.1, 0.15) is 0 Å². The molecule has 0 aromatic heterocycles. The molecule has 138 valence electrons. The molecule has 0 N–H and O–H groups in total. The Bertz CT molecular complexity index is 774. The Morgan fingerprint density at radius 1 is 1.08 bits per heavy atom. The maximum atomic E-state index is 13.6. The van der Waals surface area contributed by atoms with Crippen molar-refractivity contribution in [3.63, 3.8) is 0 Å². The van der Waals surface area contributed by atoms with Crippen LogP contribution >= 0.6 is 0 Å². The van der Waals surface area contributed by atoms with Crippen LogP contribution in [0.15, 0.2) is 24.3 Å². The highest BCUT2D eigenvalue weighted by atomic mass is 16.2. The molecule has 5 unspecified atom stereocenters. The lowest BCUT2D eigenvalue weighted by molar-refractivity contribution is -0.432. The molecular weight excluding hydrogens is 320 g/mol. The Morgan fingerprint density at radius 3 is 2.38 bits per heavy atom. The molecule has 5 atom stereocenters. The molecule has 1 spiro atoms. The van der Waals surface area contributed by atoms with Gasteiger partial charge in [-0.3, -0.25) is 4.79 Å². The van der Waals surface area contributed by atoms with E-state index in [1.54, 1.807) is 0 Å². The number of benzene rings is 1. The molecule has 1 aromatic rings. The highest BCUT2D eigenvalue weighted by Crippen LogP contribution is 2.97. The fourth-order valence-corrected chi connectivity index (χ4v) is 8.40. The summed E-state index contributed by atoms with van der Waals surface area (Å²) in [7, 11) is 0. The number of carbonyl (C=O) groups is 1. The third kappa shape index (κ3) is 1.41. The summed E-state index contributed by atoms with van der Waals surface area (Å²) in [6.45, 7) is 9.50. The van der Waals surface area contributed by atoms with Crippen molar-refractivity contribution in [1.82, 2.24) is 9.80 Å². The fraction of sp³-hybridized carbons (Fsp3) is 0.696. The van der Waals surface area contributed by atoms with Crippen LogP contribution in [0.2, 0.25) is 0 Å². The normalized spacial score (nSPS) is 45.4. The number of carbonyl (C=O) groups excluding carboxylic acids is 1. The maximum Gasteiger partial charge on any atom is 0.229 e. The number of piperazine rings is 1. The van der Waals surface area contributed by atoms with Gasteiger partial charge in [-0.05, 0) is 56.6 Å². The first kappa shape index (κ1) is 15.7. The van der Waals surface area contributed by atoms with E-state index < -0.39 is 0 Å². The number of hydrogen-bond acceptors (Lipinski definition) is 2. The van der Waals surface area contributed by atoms with Gasteiger partial charge in [0, 0.05) is 37.0 Å². The molecule has 3 heteroatoms. The van der Waals surface area contributed by atoms with Gasteiger partial charge in [-0.2, -0.15) is 0 Å². The molecule has 26 heavy (non-hydrogen) atoms. The van der Waals surface area contributed by atoms with Gasteiger partial charge in [0.05, 0.1) is 5.41 Å². The summed E-state index contributed by atoms with van der Waals surface area (Å²) in [5, 5.41) is 0. The first-order valence-corrected chi connectivity index (χ1v) is 10.7. The van der Waals surface area contributed by atoms with Crippen molar-refractivity contribution in [1.29, 1.82) is 0 Å². The minimum absolute atomic E-state index is 0.0120. The van der Waals surface area contributed by atoms with E-state index in [4.69, 9.17) is 0 Å². The summed E-state index contributed by atoms with van der Waals surface area (Å²) < 4.78 is 0. The van der Waals surface area contributed by atoms with Crippen molar-refractivity contribution < 1.29 is 4.79 Å². The second-order valence-electron chi connectivity index (χ2n) is 9.84. The van der Waals surface area contributed by atoms with E-state index in [0.717, 1.165) is 51.0 Å². The SMILES string of the molecule is CCN1CCN(C(=O)C23CC4CC5CC(c6ccc(C)cc6)(C2)C453)CC1. The van der Waals surface area contributed by atoms with Gasteiger partial charge in [-0.1, -0.05) is 36.8 Å². The van der Waals surface area contributed by atoms with Crippen molar-refractivity contribution in [2.75, 3.05) is 32.7 Å². The van der Waals surface area contributed by atoms with E-state index in [2.05, 4.69) is 47.9 Å². The van der Waals surface area contributed by atoms with Gasteiger partial charge in [-0.25, -0.2) is 0 Å². The minimum Gasteiger partial charge on any atom is -0.340 e. The summed E-state index contributed by atoms with van der Waals surface area (Å²) in [5.74, 6) is 2.19. The van der Waals surface area contributed by atoms with Crippen LogP contribution in [0, 0.1) is 29.6 Å². The summed E-state index contributed by atoms with van der Waals surface area (Å²) >= 11 is 0. The number of likely N-dealkylation sites (N-methyl/N-ethyl adjacent to an activating group) is 1. The molecular formula is C23H30N2O. The zero-order chi connectivity index (χ0) is 17.7. The Morgan fingerprint density at radius 2 is 1.77 bits per heavy atom. The lowest BCUT2D eigenvalue weighted by Gasteiger charge is -2.95. The largest absolute Gasteiger partial charge is 0.340 e. The van der Waals surface area contributed by atoms with E-state index in [0.29, 0.717) is 16.7 Å². The van der Waals surface area contributed by atoms with Crippen LogP contribution in [0.1, 0.15) is 43.7 Å². The van der Waals surface area contributed by atoms with E-state index in [1.807, 2.05) is 0 Å². The second kappa shape index (κ2) is 4.73. The van der Waals surface area contributed by atoms with Crippen LogP contribution in [-0.2, 0) is 10.2 Å². The smallest absolute Gasteiger partial charge is 0.229 e. The zero-order valence-corrected chi connectivity index (χ0v) is 16.1. The predicted molar refractivity (Wildman–Crippen MR) is 102 cm³/mol. The van der Waals surface area contributed by atoms with Gasteiger partial charge in [0.2, 0.25) is 5.91 Å². The summed E-state index contributed by atoms with van der Waals surface area (Å²) in [6, 6.07) is 9.27. The Labute approximate surface area is 156 Å². The number of hydrogen-bond donors (Lipinski definition) is 0. The van der Waals surface area contributed by atoms with E-state index in [9.17, 15) is 4.79 Å². The highest BCUT2D eigenvalue weighted by molar-refractivity contribution is 5.89. The van der Waals surface area contributed by atoms with Gasteiger partial charge in [0.15, 0.2) is 0 Å². The molecule has 1 aliphatic heterocycles. The molecule has 4 saturated carbocycles. The van der Waals surface area contributed by atoms with Crippen molar-refractivity contribution in [3.8, 4) is 0 Å². The maximum absolute atomic E-state index is 13.6. The average molecular weight is 351 g/mol. The van der Waals surface area contributed by atoms with Crippen LogP contribution in [0.3, 0.4) is 0 Å². The molecule has 5 aliphatic rings. The second-order valence-corrected chi connectivity index (χ2v) is 9.84. The van der Waals surface area contributed by atoms with E-state index in [-0.39, 0.29) is 5.41 Å². The molecule has 6 rings (SSSR count). The number of amides is 1. The molecule has 5 fully saturated rings. The third-order valence-electron chi connectivity index (χ3n) is 9.35. The van der Waals surface area contributed by atoms with Crippen LogP contribution in [0.4, 0.5) is 0 Å². The van der Waals surface area contributed by atoms with Gasteiger partial charge in [-0.15, -0.1) is 0 Å². The quantitative estimate of drug-likeness (QED) is 0.836. The van der Waals surface area contributed by atoms with Gasteiger partial charge in [0.25, 0.3) is 0 Å². The predicted octanol–water partition coefficient (Wildman–Crippen LogP) is 3.22. The number of nitrogens with zero attached hydrogens (tertiary/aromatic N) is 2. The van der Waals surface area contributed by atoms with E-state index in [1.165, 1.54) is 30.4 Å². The Balaban J connectivity index is 1.30. The van der Waals surface area contributed by atoms with Crippen LogP contribution in [0.5, 0.6) is 0 Å². The van der Waals surface area contributed by atoms with Crippen molar-refractivity contribution in [2.45, 2.75) is 44.9 Å².